The van der Waals surface area contributed by atoms with Gasteiger partial charge >= 0.3 is 0 Å². The van der Waals surface area contributed by atoms with Crippen molar-refractivity contribution < 1.29 is 0 Å². The van der Waals surface area contributed by atoms with Crippen LogP contribution in [-0.2, 0) is 0 Å². The van der Waals surface area contributed by atoms with Gasteiger partial charge in [-0.1, -0.05) is 328 Å². The fourth-order valence-electron chi connectivity index (χ4n) is 17.6. The molecular weight excluding hydrogens is 1670 g/mol. The van der Waals surface area contributed by atoms with Crippen LogP contribution in [0.2, 0.25) is 0 Å². The average Bonchev–Trinajstić information content (AvgIpc) is 1.59. The van der Waals surface area contributed by atoms with Crippen molar-refractivity contribution in [2.45, 2.75) is 48.5 Å². The molecule has 0 bridgehead atoms. The lowest BCUT2D eigenvalue weighted by molar-refractivity contribution is 1.01. The van der Waals surface area contributed by atoms with E-state index in [9.17, 15) is 0 Å². The Labute approximate surface area is 796 Å². The second kappa shape index (κ2) is 41.3. The zero-order valence-electron chi connectivity index (χ0n) is 77.2. The molecule has 11 aromatic heterocycles. The number of hydrogen-bond donors (Lipinski definition) is 0. The highest BCUT2D eigenvalue weighted by Crippen LogP contribution is 2.39. The monoisotopic (exact) mass is 1770 g/mol. The maximum atomic E-state index is 5.24. The number of hydrogen-bond acceptors (Lipinski definition) is 10. The maximum Gasteiger partial charge on any atom is 0.160 e. The third-order valence-corrected chi connectivity index (χ3v) is 23.7. The zero-order valence-corrected chi connectivity index (χ0v) is 77.2. The van der Waals surface area contributed by atoms with Crippen molar-refractivity contribution in [3.05, 3.63) is 507 Å². The Kier molecular flexibility index (Phi) is 26.6. The summed E-state index contributed by atoms with van der Waals surface area (Å²) in [5, 5.41) is 10.0. The van der Waals surface area contributed by atoms with E-state index in [4.69, 9.17) is 15.0 Å². The highest BCUT2D eigenvalue weighted by atomic mass is 15.1. The number of nitrogens with zero attached hydrogens (tertiary/aromatic N) is 14. The Morgan fingerprint density at radius 2 is 0.489 bits per heavy atom. The first kappa shape index (κ1) is 88.4. The molecule has 0 aliphatic heterocycles. The van der Waals surface area contributed by atoms with E-state index >= 15 is 0 Å². The molecule has 11 heterocycles. The second-order valence-electron chi connectivity index (χ2n) is 33.6. The predicted octanol–water partition coefficient (Wildman–Crippen LogP) is 30.3. The fourth-order valence-corrected chi connectivity index (χ4v) is 17.6. The zero-order chi connectivity index (χ0) is 93.3. The van der Waals surface area contributed by atoms with Gasteiger partial charge in [0.15, 0.2) is 5.82 Å². The van der Waals surface area contributed by atoms with Gasteiger partial charge in [0, 0.05) is 118 Å². The van der Waals surface area contributed by atoms with Gasteiger partial charge in [-0.25, -0.2) is 44.9 Å². The van der Waals surface area contributed by atoms with Gasteiger partial charge in [-0.2, -0.15) is 0 Å². The SMILES string of the molecule is Cc1cc(-c2ccccc2)cc(-c2ccccc2)n1.Cc1cc(-c2ccccc2)nc(-c2ccccc2)c1.Cc1cc(-c2ccccc2)nc(-c2ccccc2)n1.Cc1cc(-n2c3ccccc3c3ccccc32)cc(-n2c3ccccc3c3ccccc32)n1.Cc1cc(-n2c3ccccc3c3ccccc32)nc(-n2c3ccccc3c3ccccc32)c1.Cc1ccncn1.Cc1cncnc1. The van der Waals surface area contributed by atoms with E-state index in [0.29, 0.717) is 0 Å². The Bertz CT molecular complexity index is 7200. The molecule has 0 saturated carbocycles. The van der Waals surface area contributed by atoms with Crippen LogP contribution in [0.3, 0.4) is 0 Å². The molecule has 14 heteroatoms. The number of pyridine rings is 4. The van der Waals surface area contributed by atoms with Gasteiger partial charge in [-0.3, -0.25) is 18.7 Å². The van der Waals surface area contributed by atoms with E-state index in [0.717, 1.165) is 108 Å². The molecule has 0 spiro atoms. The lowest BCUT2D eigenvalue weighted by Crippen LogP contribution is -2.04. The molecule has 660 valence electrons. The molecule has 0 fully saturated rings. The van der Waals surface area contributed by atoms with Gasteiger partial charge in [-0.15, -0.1) is 0 Å². The van der Waals surface area contributed by atoms with Crippen LogP contribution in [0.5, 0.6) is 0 Å². The summed E-state index contributed by atoms with van der Waals surface area (Å²) in [6, 6.07) is 151. The first-order chi connectivity index (χ1) is 67.4. The topological polar surface area (TPSA) is 149 Å². The highest BCUT2D eigenvalue weighted by molar-refractivity contribution is 6.12. The molecule has 0 radical (unpaired) electrons. The molecule has 25 aromatic rings. The van der Waals surface area contributed by atoms with Gasteiger partial charge in [0.2, 0.25) is 0 Å². The van der Waals surface area contributed by atoms with E-state index in [1.807, 2.05) is 149 Å². The average molecular weight is 1770 g/mol. The molecule has 0 saturated heterocycles. The maximum absolute atomic E-state index is 5.24. The molecule has 14 nitrogen and oxygen atoms in total. The Balaban J connectivity index is 0.000000108. The smallest absolute Gasteiger partial charge is 0.160 e. The molecule has 0 amide bonds. The summed E-state index contributed by atoms with van der Waals surface area (Å²) in [6.07, 6.45) is 8.32. The fraction of sp³-hybridized carbons (Fsp3) is 0.0569. The predicted molar refractivity (Wildman–Crippen MR) is 566 cm³/mol. The van der Waals surface area contributed by atoms with E-state index in [2.05, 4.69) is 389 Å². The molecule has 14 aromatic carbocycles. The second-order valence-corrected chi connectivity index (χ2v) is 33.6. The standard InChI is InChI=1S/2C30H21N3.2C18H15N.C17H14N2.2C5H6N2/c1-20-18-21(32-26-14-6-2-10-22(26)23-11-3-7-15-27(23)32)19-30(31-20)33-28-16-8-4-12-24(28)25-13-5-9-17-29(25)33;1-20-18-29(32-25-14-6-2-10-21(25)22-11-3-7-15-26(22)32)31-30(19-20)33-27-16-8-4-12-23(27)24-13-5-9-17-28(24)33;1-14-12-17(15-8-4-2-5-9-15)13-18(19-14)16-10-6-3-7-11-16;1-14-12-17(15-8-4-2-5-9-15)19-18(13-14)16-10-6-3-7-11-16;1-13-12-16(14-8-4-2-5-9-14)19-17(18-13)15-10-6-3-7-11-15;1-5-2-6-4-7-3-5;1-5-2-3-6-4-7-5/h2*2-19H,1H3;2*2-13H,1H3;2-12H,1H3;2*2-4H,1H3. The van der Waals surface area contributed by atoms with Crippen molar-refractivity contribution in [3.63, 3.8) is 0 Å². The Morgan fingerprint density at radius 3 is 0.832 bits per heavy atom. The Morgan fingerprint density at radius 1 is 0.182 bits per heavy atom. The van der Waals surface area contributed by atoms with Crippen molar-refractivity contribution in [2.24, 2.45) is 0 Å². The number of benzene rings is 14. The van der Waals surface area contributed by atoms with Crippen molar-refractivity contribution in [2.75, 3.05) is 0 Å². The van der Waals surface area contributed by atoms with Gasteiger partial charge in [0.1, 0.15) is 30.1 Å². The van der Waals surface area contributed by atoms with Gasteiger partial charge < -0.3 is 4.57 Å². The van der Waals surface area contributed by atoms with Crippen LogP contribution in [-0.4, -0.2) is 68.1 Å². The van der Waals surface area contributed by atoms with E-state index in [-0.39, 0.29) is 0 Å². The quantitative estimate of drug-likeness (QED) is 0.130. The molecule has 0 N–H and O–H groups in total. The normalized spacial score (nSPS) is 10.9. The lowest BCUT2D eigenvalue weighted by Gasteiger charge is -2.13. The summed E-state index contributed by atoms with van der Waals surface area (Å²) in [7, 11) is 0. The van der Waals surface area contributed by atoms with Crippen LogP contribution >= 0.6 is 0 Å². The summed E-state index contributed by atoms with van der Waals surface area (Å²) in [4.78, 5) is 44.0. The van der Waals surface area contributed by atoms with Crippen molar-refractivity contribution >= 4 is 87.2 Å². The first-order valence-electron chi connectivity index (χ1n) is 45.9. The third-order valence-electron chi connectivity index (χ3n) is 23.7. The third kappa shape index (κ3) is 20.0. The van der Waals surface area contributed by atoms with Crippen LogP contribution in [0, 0.1) is 48.5 Å². The molecule has 25 rings (SSSR count). The van der Waals surface area contributed by atoms with Crippen LogP contribution in [0.4, 0.5) is 0 Å². The van der Waals surface area contributed by atoms with Crippen molar-refractivity contribution in [3.8, 4) is 90.7 Å². The van der Waals surface area contributed by atoms with Gasteiger partial charge in [0.05, 0.1) is 72.6 Å². The number of fused-ring (bicyclic) bond motifs is 12. The first-order valence-corrected chi connectivity index (χ1v) is 45.9. The molecule has 0 aliphatic carbocycles. The molecular formula is C123H98N14. The van der Waals surface area contributed by atoms with Gasteiger partial charge in [0.25, 0.3) is 0 Å². The largest absolute Gasteiger partial charge is 0.309 e. The summed E-state index contributed by atoms with van der Waals surface area (Å²) in [5.41, 5.74) is 30.2. The van der Waals surface area contributed by atoms with Crippen molar-refractivity contribution in [1.82, 2.24) is 68.1 Å². The number of rotatable bonds is 10. The minimum atomic E-state index is 0.777. The minimum absolute atomic E-state index is 0.777. The van der Waals surface area contributed by atoms with Gasteiger partial charge in [-0.05, 0) is 179 Å². The summed E-state index contributed by atoms with van der Waals surface area (Å²) < 4.78 is 9.22. The molecule has 137 heavy (non-hydrogen) atoms. The number of aromatic nitrogens is 14. The molecule has 0 unspecified atom stereocenters. The summed E-state index contributed by atoms with van der Waals surface area (Å²) in [5.74, 6) is 3.58. The molecule has 0 aliphatic rings. The van der Waals surface area contributed by atoms with Crippen molar-refractivity contribution in [1.29, 1.82) is 0 Å². The summed E-state index contributed by atoms with van der Waals surface area (Å²) >= 11 is 0. The number of aryl methyl sites for hydroxylation is 7. The molecule has 0 atom stereocenters. The van der Waals surface area contributed by atoms with Crippen LogP contribution in [0.1, 0.15) is 39.5 Å². The number of para-hydroxylation sites is 8. The van der Waals surface area contributed by atoms with Crippen LogP contribution in [0.15, 0.2) is 468 Å². The lowest BCUT2D eigenvalue weighted by atomic mass is 10.0. The van der Waals surface area contributed by atoms with Crippen LogP contribution in [0.25, 0.3) is 178 Å². The van der Waals surface area contributed by atoms with Crippen LogP contribution < -0.4 is 0 Å². The van der Waals surface area contributed by atoms with E-state index < -0.39 is 0 Å². The van der Waals surface area contributed by atoms with E-state index in [1.165, 1.54) is 122 Å². The minimum Gasteiger partial charge on any atom is -0.309 e. The van der Waals surface area contributed by atoms with E-state index in [1.54, 1.807) is 18.6 Å². The Hall–Kier alpha value is -17.9. The summed E-state index contributed by atoms with van der Waals surface area (Å²) in [6.45, 7) is 14.3. The highest BCUT2D eigenvalue weighted by Gasteiger charge is 2.21.